The molecule has 1 saturated heterocycles. The lowest BCUT2D eigenvalue weighted by molar-refractivity contribution is -0.136. The molecule has 1 rings (SSSR count). The van der Waals surface area contributed by atoms with Crippen LogP contribution in [0.3, 0.4) is 0 Å². The Morgan fingerprint density at radius 1 is 1.53 bits per heavy atom. The average molecular weight is 243 g/mol. The van der Waals surface area contributed by atoms with Crippen LogP contribution >= 0.6 is 0 Å². The summed E-state index contributed by atoms with van der Waals surface area (Å²) in [4.78, 5) is 24.5. The van der Waals surface area contributed by atoms with Crippen molar-refractivity contribution in [3.05, 3.63) is 0 Å². The molecule has 98 valence electrons. The second-order valence-electron chi connectivity index (χ2n) is 4.04. The van der Waals surface area contributed by atoms with Gasteiger partial charge in [0, 0.05) is 19.7 Å². The fourth-order valence-corrected chi connectivity index (χ4v) is 1.89. The zero-order valence-electron chi connectivity index (χ0n) is 10.3. The lowest BCUT2D eigenvalue weighted by Gasteiger charge is -2.32. The first-order valence-electron chi connectivity index (χ1n) is 6.03. The highest BCUT2D eigenvalue weighted by atomic mass is 16.5. The number of carbonyl (C=O) groups is 2. The molecule has 6 nitrogen and oxygen atoms in total. The molecule has 1 fully saturated rings. The highest BCUT2D eigenvalue weighted by Crippen LogP contribution is 2.12. The monoisotopic (exact) mass is 243 g/mol. The third-order valence-electron chi connectivity index (χ3n) is 2.76. The average Bonchev–Trinajstić information content (AvgIpc) is 2.36. The molecule has 2 amide bonds. The molecule has 0 saturated carbocycles. The number of nitrogens with one attached hydrogen (secondary N) is 1. The summed E-state index contributed by atoms with van der Waals surface area (Å²) in [5.74, 6) is -0.382. The van der Waals surface area contributed by atoms with Crippen molar-refractivity contribution in [1.29, 1.82) is 0 Å². The van der Waals surface area contributed by atoms with Gasteiger partial charge in [0.05, 0.1) is 19.2 Å². The second kappa shape index (κ2) is 7.24. The number of nitrogens with two attached hydrogens (primary N) is 1. The Balaban J connectivity index is 2.33. The van der Waals surface area contributed by atoms with Gasteiger partial charge in [-0.25, -0.2) is 0 Å². The summed E-state index contributed by atoms with van der Waals surface area (Å²) in [7, 11) is 0. The van der Waals surface area contributed by atoms with Gasteiger partial charge in [-0.3, -0.25) is 9.59 Å². The summed E-state index contributed by atoms with van der Waals surface area (Å²) in [5, 5.41) is 2.48. The Morgan fingerprint density at radius 2 is 2.29 bits per heavy atom. The van der Waals surface area contributed by atoms with Crippen molar-refractivity contribution in [1.82, 2.24) is 10.2 Å². The lowest BCUT2D eigenvalue weighted by Crippen LogP contribution is -2.47. The van der Waals surface area contributed by atoms with E-state index in [1.165, 1.54) is 0 Å². The van der Waals surface area contributed by atoms with Gasteiger partial charge in [0.25, 0.3) is 0 Å². The van der Waals surface area contributed by atoms with Gasteiger partial charge in [0.15, 0.2) is 0 Å². The molecule has 1 atom stereocenters. The topological polar surface area (TPSA) is 84.7 Å². The molecule has 0 aromatic heterocycles. The molecule has 0 aromatic rings. The van der Waals surface area contributed by atoms with E-state index in [1.54, 1.807) is 4.90 Å². The Kier molecular flexibility index (Phi) is 5.93. The van der Waals surface area contributed by atoms with Gasteiger partial charge >= 0.3 is 0 Å². The molecule has 1 unspecified atom stereocenters. The second-order valence-corrected chi connectivity index (χ2v) is 4.04. The molecule has 1 heterocycles. The highest BCUT2D eigenvalue weighted by Gasteiger charge is 2.23. The third-order valence-corrected chi connectivity index (χ3v) is 2.76. The maximum absolute atomic E-state index is 11.8. The van der Waals surface area contributed by atoms with Gasteiger partial charge in [-0.05, 0) is 19.8 Å². The number of amides is 2. The van der Waals surface area contributed by atoms with E-state index in [-0.39, 0.29) is 31.0 Å². The van der Waals surface area contributed by atoms with Crippen LogP contribution in [-0.2, 0) is 14.3 Å². The predicted molar refractivity (Wildman–Crippen MR) is 63.3 cm³/mol. The minimum Gasteiger partial charge on any atom is -0.377 e. The van der Waals surface area contributed by atoms with Gasteiger partial charge in [-0.1, -0.05) is 0 Å². The Hall–Kier alpha value is -1.14. The van der Waals surface area contributed by atoms with Gasteiger partial charge in [0.2, 0.25) is 11.8 Å². The van der Waals surface area contributed by atoms with Crippen LogP contribution in [0.4, 0.5) is 0 Å². The zero-order chi connectivity index (χ0) is 12.7. The first kappa shape index (κ1) is 13.9. The van der Waals surface area contributed by atoms with Crippen LogP contribution in [0.15, 0.2) is 0 Å². The summed E-state index contributed by atoms with van der Waals surface area (Å²) in [6.45, 7) is 3.90. The maximum atomic E-state index is 11.8. The molecule has 0 radical (unpaired) electrons. The maximum Gasteiger partial charge on any atom is 0.242 e. The Morgan fingerprint density at radius 3 is 2.94 bits per heavy atom. The number of rotatable bonds is 5. The molecule has 1 aliphatic heterocycles. The van der Waals surface area contributed by atoms with Crippen LogP contribution in [-0.4, -0.2) is 55.6 Å². The minimum absolute atomic E-state index is 0.0227. The number of hydrogen-bond donors (Lipinski definition) is 2. The summed E-state index contributed by atoms with van der Waals surface area (Å²) >= 11 is 0. The summed E-state index contributed by atoms with van der Waals surface area (Å²) in [6, 6.07) is 0. The van der Waals surface area contributed by atoms with E-state index >= 15 is 0 Å². The van der Waals surface area contributed by atoms with E-state index in [1.807, 2.05) is 6.92 Å². The number of ether oxygens (including phenoxy) is 1. The van der Waals surface area contributed by atoms with Gasteiger partial charge < -0.3 is 20.7 Å². The van der Waals surface area contributed by atoms with Crippen LogP contribution in [0.1, 0.15) is 19.8 Å². The van der Waals surface area contributed by atoms with Crippen LogP contribution in [0, 0.1) is 0 Å². The third kappa shape index (κ3) is 4.70. The number of hydrogen-bond acceptors (Lipinski definition) is 4. The molecule has 0 aliphatic carbocycles. The summed E-state index contributed by atoms with van der Waals surface area (Å²) in [5.41, 5.74) is 5.14. The first-order valence-corrected chi connectivity index (χ1v) is 6.03. The fraction of sp³-hybridized carbons (Fsp3) is 0.818. The Labute approximate surface area is 101 Å². The molecule has 3 N–H and O–H groups in total. The van der Waals surface area contributed by atoms with E-state index in [9.17, 15) is 9.59 Å². The van der Waals surface area contributed by atoms with Crippen molar-refractivity contribution >= 4 is 11.8 Å². The number of piperidine rings is 1. The van der Waals surface area contributed by atoms with Crippen molar-refractivity contribution < 1.29 is 14.3 Å². The van der Waals surface area contributed by atoms with Crippen molar-refractivity contribution in [2.24, 2.45) is 5.73 Å². The lowest BCUT2D eigenvalue weighted by atomic mass is 10.1. The van der Waals surface area contributed by atoms with Crippen LogP contribution < -0.4 is 11.1 Å². The molecule has 17 heavy (non-hydrogen) atoms. The quantitative estimate of drug-likeness (QED) is 0.654. The van der Waals surface area contributed by atoms with E-state index < -0.39 is 0 Å². The Bertz CT molecular complexity index is 269. The van der Waals surface area contributed by atoms with E-state index in [4.69, 9.17) is 10.5 Å². The molecule has 1 aliphatic rings. The van der Waals surface area contributed by atoms with E-state index in [0.717, 1.165) is 19.4 Å². The molecule has 0 spiro atoms. The molecular weight excluding hydrogens is 222 g/mol. The molecule has 6 heteroatoms. The van der Waals surface area contributed by atoms with Gasteiger partial charge in [-0.2, -0.15) is 0 Å². The number of carbonyl (C=O) groups excluding carboxylic acids is 2. The zero-order valence-corrected chi connectivity index (χ0v) is 10.3. The SMILES string of the molecule is CCOC1CCCN(C(=O)CNC(=O)CN)C1. The van der Waals surface area contributed by atoms with Crippen LogP contribution in [0.25, 0.3) is 0 Å². The molecule has 0 bridgehead atoms. The van der Waals surface area contributed by atoms with E-state index in [2.05, 4.69) is 5.32 Å². The van der Waals surface area contributed by atoms with Gasteiger partial charge in [0.1, 0.15) is 0 Å². The summed E-state index contributed by atoms with van der Waals surface area (Å²) in [6.07, 6.45) is 2.07. The molecule has 0 aromatic carbocycles. The van der Waals surface area contributed by atoms with Crippen LogP contribution in [0.2, 0.25) is 0 Å². The minimum atomic E-state index is -0.309. The van der Waals surface area contributed by atoms with E-state index in [0.29, 0.717) is 13.2 Å². The van der Waals surface area contributed by atoms with Crippen molar-refractivity contribution in [2.75, 3.05) is 32.8 Å². The van der Waals surface area contributed by atoms with Crippen molar-refractivity contribution in [3.63, 3.8) is 0 Å². The van der Waals surface area contributed by atoms with Gasteiger partial charge in [-0.15, -0.1) is 0 Å². The molecular formula is C11H21N3O3. The predicted octanol–water partition coefficient (Wildman–Crippen LogP) is -0.911. The number of likely N-dealkylation sites (tertiary alicyclic amines) is 1. The first-order chi connectivity index (χ1) is 8.17. The number of nitrogens with zero attached hydrogens (tertiary/aromatic N) is 1. The normalized spacial score (nSPS) is 20.1. The largest absolute Gasteiger partial charge is 0.377 e. The van der Waals surface area contributed by atoms with Crippen molar-refractivity contribution in [2.45, 2.75) is 25.9 Å². The smallest absolute Gasteiger partial charge is 0.242 e. The standard InChI is InChI=1S/C11H21N3O3/c1-2-17-9-4-3-5-14(8-9)11(16)7-13-10(15)6-12/h9H,2-8,12H2,1H3,(H,13,15). The fourth-order valence-electron chi connectivity index (χ4n) is 1.89. The van der Waals surface area contributed by atoms with Crippen molar-refractivity contribution in [3.8, 4) is 0 Å². The van der Waals surface area contributed by atoms with Crippen LogP contribution in [0.5, 0.6) is 0 Å². The summed E-state index contributed by atoms with van der Waals surface area (Å²) < 4.78 is 5.51. The highest BCUT2D eigenvalue weighted by molar-refractivity contribution is 5.85.